The topological polar surface area (TPSA) is 55.1 Å². The summed E-state index contributed by atoms with van der Waals surface area (Å²) in [5, 5.41) is 2.34. The van der Waals surface area contributed by atoms with Crippen molar-refractivity contribution in [2.24, 2.45) is 0 Å². The number of hydrogen-bond donors (Lipinski definition) is 0. The maximum atomic E-state index is 6.31. The van der Waals surface area contributed by atoms with Gasteiger partial charge in [0.1, 0.15) is 11.2 Å². The van der Waals surface area contributed by atoms with Crippen LogP contribution in [0.3, 0.4) is 0 Å². The SMILES string of the molecule is CC1(C)c2cccc(-c3nc(-c4ccccc4)nc(N4CCc5ccccc54)n3)c2-c2ccc3oc4ccccc4c3c21. The summed E-state index contributed by atoms with van der Waals surface area (Å²) in [6.07, 6.45) is 0.967. The lowest BCUT2D eigenvalue weighted by atomic mass is 9.80. The molecule has 5 heteroatoms. The second-order valence-electron chi connectivity index (χ2n) is 12.0. The molecule has 0 fully saturated rings. The Hall–Kier alpha value is -5.29. The molecule has 3 heterocycles. The van der Waals surface area contributed by atoms with Gasteiger partial charge in [0.25, 0.3) is 0 Å². The minimum Gasteiger partial charge on any atom is -0.456 e. The summed E-state index contributed by atoms with van der Waals surface area (Å²) in [5.41, 5.74) is 11.0. The molecule has 5 nitrogen and oxygen atoms in total. The third-order valence-electron chi connectivity index (χ3n) is 9.20. The number of rotatable bonds is 3. The molecule has 43 heavy (non-hydrogen) atoms. The van der Waals surface area contributed by atoms with Gasteiger partial charge in [0.2, 0.25) is 5.95 Å². The Bertz CT molecular complexity index is 2230. The van der Waals surface area contributed by atoms with Crippen molar-refractivity contribution in [3.8, 4) is 33.9 Å². The minimum absolute atomic E-state index is 0.237. The number of anilines is 2. The van der Waals surface area contributed by atoms with E-state index in [1.165, 1.54) is 33.2 Å². The molecule has 7 aromatic rings. The average molecular weight is 557 g/mol. The average Bonchev–Trinajstić information content (AvgIpc) is 3.72. The van der Waals surface area contributed by atoms with Gasteiger partial charge in [-0.2, -0.15) is 9.97 Å². The van der Waals surface area contributed by atoms with Crippen molar-refractivity contribution >= 4 is 33.6 Å². The van der Waals surface area contributed by atoms with E-state index in [0.29, 0.717) is 17.6 Å². The molecule has 9 rings (SSSR count). The number of fused-ring (bicyclic) bond motifs is 8. The molecule has 0 radical (unpaired) electrons. The van der Waals surface area contributed by atoms with Crippen LogP contribution in [-0.2, 0) is 11.8 Å². The number of benzene rings is 5. The molecule has 2 aromatic heterocycles. The summed E-state index contributed by atoms with van der Waals surface area (Å²) >= 11 is 0. The van der Waals surface area contributed by atoms with Crippen LogP contribution in [0.15, 0.2) is 114 Å². The van der Waals surface area contributed by atoms with E-state index >= 15 is 0 Å². The molecule has 0 saturated heterocycles. The standard InChI is InChI=1S/C38H28N4O/c1-38(2)28-16-10-15-27(32(28)26-19-20-31-33(34(26)38)25-14-7-9-18-30(25)43-31)36-39-35(24-12-4-3-5-13-24)40-37(41-36)42-22-21-23-11-6-8-17-29(23)42/h3-20H,21-22H2,1-2H3. The van der Waals surface area contributed by atoms with Crippen LogP contribution in [0, 0.1) is 0 Å². The van der Waals surface area contributed by atoms with Crippen LogP contribution in [0.4, 0.5) is 11.6 Å². The number of hydrogen-bond acceptors (Lipinski definition) is 5. The smallest absolute Gasteiger partial charge is 0.234 e. The second-order valence-corrected chi connectivity index (χ2v) is 12.0. The number of aromatic nitrogens is 3. The molecule has 0 unspecified atom stereocenters. The molecule has 1 aliphatic heterocycles. The summed E-state index contributed by atoms with van der Waals surface area (Å²) in [5.74, 6) is 2.04. The summed E-state index contributed by atoms with van der Waals surface area (Å²) in [6, 6.07) is 38.0. The van der Waals surface area contributed by atoms with Gasteiger partial charge in [-0.1, -0.05) is 105 Å². The van der Waals surface area contributed by atoms with E-state index < -0.39 is 0 Å². The van der Waals surface area contributed by atoms with Gasteiger partial charge in [-0.05, 0) is 52.4 Å². The van der Waals surface area contributed by atoms with Gasteiger partial charge in [0.05, 0.1) is 0 Å². The van der Waals surface area contributed by atoms with Crippen LogP contribution in [-0.4, -0.2) is 21.5 Å². The van der Waals surface area contributed by atoms with Gasteiger partial charge < -0.3 is 9.32 Å². The largest absolute Gasteiger partial charge is 0.456 e. The van der Waals surface area contributed by atoms with E-state index in [2.05, 4.69) is 104 Å². The van der Waals surface area contributed by atoms with Gasteiger partial charge in [-0.3, -0.25) is 0 Å². The Morgan fingerprint density at radius 3 is 2.37 bits per heavy atom. The van der Waals surface area contributed by atoms with Gasteiger partial charge in [0, 0.05) is 39.5 Å². The predicted molar refractivity (Wildman–Crippen MR) is 173 cm³/mol. The Balaban J connectivity index is 1.31. The molecule has 0 bridgehead atoms. The molecular formula is C38H28N4O. The fraction of sp³-hybridized carbons (Fsp3) is 0.132. The maximum absolute atomic E-state index is 6.31. The molecule has 0 N–H and O–H groups in total. The highest BCUT2D eigenvalue weighted by molar-refractivity contribution is 6.11. The summed E-state index contributed by atoms with van der Waals surface area (Å²) in [6.45, 7) is 5.47. The van der Waals surface area contributed by atoms with Crippen LogP contribution in [0.25, 0.3) is 55.8 Å². The summed E-state index contributed by atoms with van der Waals surface area (Å²) in [4.78, 5) is 17.6. The van der Waals surface area contributed by atoms with E-state index in [4.69, 9.17) is 19.4 Å². The lowest BCUT2D eigenvalue weighted by molar-refractivity contribution is 0.657. The highest BCUT2D eigenvalue weighted by Gasteiger charge is 2.40. The fourth-order valence-electron chi connectivity index (χ4n) is 7.23. The molecule has 1 aliphatic carbocycles. The van der Waals surface area contributed by atoms with Crippen molar-refractivity contribution in [1.29, 1.82) is 0 Å². The minimum atomic E-state index is -0.237. The van der Waals surface area contributed by atoms with Gasteiger partial charge in [-0.25, -0.2) is 4.98 Å². The third-order valence-corrected chi connectivity index (χ3v) is 9.20. The quantitative estimate of drug-likeness (QED) is 0.217. The van der Waals surface area contributed by atoms with Crippen molar-refractivity contribution in [3.05, 3.63) is 126 Å². The van der Waals surface area contributed by atoms with Crippen LogP contribution in [0.1, 0.15) is 30.5 Å². The zero-order valence-corrected chi connectivity index (χ0v) is 24.0. The second kappa shape index (κ2) is 8.85. The van der Waals surface area contributed by atoms with Crippen molar-refractivity contribution in [3.63, 3.8) is 0 Å². The Labute approximate surface area is 249 Å². The lowest BCUT2D eigenvalue weighted by Gasteiger charge is -2.22. The van der Waals surface area contributed by atoms with E-state index in [9.17, 15) is 0 Å². The van der Waals surface area contributed by atoms with E-state index in [1.807, 2.05) is 24.3 Å². The first-order chi connectivity index (χ1) is 21.1. The molecule has 0 spiro atoms. The maximum Gasteiger partial charge on any atom is 0.234 e. The van der Waals surface area contributed by atoms with Crippen molar-refractivity contribution in [2.75, 3.05) is 11.4 Å². The number of para-hydroxylation sites is 2. The van der Waals surface area contributed by atoms with Gasteiger partial charge >= 0.3 is 0 Å². The fourth-order valence-corrected chi connectivity index (χ4v) is 7.23. The third kappa shape index (κ3) is 3.48. The Morgan fingerprint density at radius 1 is 0.674 bits per heavy atom. The summed E-state index contributed by atoms with van der Waals surface area (Å²) in [7, 11) is 0. The zero-order chi connectivity index (χ0) is 28.7. The molecule has 206 valence electrons. The van der Waals surface area contributed by atoms with Crippen molar-refractivity contribution < 1.29 is 4.42 Å². The lowest BCUT2D eigenvalue weighted by Crippen LogP contribution is -2.18. The highest BCUT2D eigenvalue weighted by Crippen LogP contribution is 2.55. The zero-order valence-electron chi connectivity index (χ0n) is 24.0. The van der Waals surface area contributed by atoms with E-state index in [1.54, 1.807) is 0 Å². The van der Waals surface area contributed by atoms with Crippen LogP contribution in [0.5, 0.6) is 0 Å². The van der Waals surface area contributed by atoms with Crippen molar-refractivity contribution in [2.45, 2.75) is 25.7 Å². The molecule has 5 aromatic carbocycles. The molecule has 0 saturated carbocycles. The summed E-state index contributed by atoms with van der Waals surface area (Å²) < 4.78 is 6.31. The van der Waals surface area contributed by atoms with E-state index in [0.717, 1.165) is 46.3 Å². The van der Waals surface area contributed by atoms with Crippen LogP contribution < -0.4 is 4.90 Å². The first kappa shape index (κ1) is 24.3. The normalized spacial score (nSPS) is 14.7. The monoisotopic (exact) mass is 556 g/mol. The van der Waals surface area contributed by atoms with Gasteiger partial charge in [0.15, 0.2) is 11.6 Å². The van der Waals surface area contributed by atoms with Gasteiger partial charge in [-0.15, -0.1) is 0 Å². The number of nitrogens with zero attached hydrogens (tertiary/aromatic N) is 4. The van der Waals surface area contributed by atoms with Crippen LogP contribution >= 0.6 is 0 Å². The number of furan rings is 1. The van der Waals surface area contributed by atoms with Crippen LogP contribution in [0.2, 0.25) is 0 Å². The molecular weight excluding hydrogens is 528 g/mol. The molecule has 0 amide bonds. The Kier molecular flexibility index (Phi) is 5.01. The first-order valence-corrected chi connectivity index (χ1v) is 14.8. The van der Waals surface area contributed by atoms with Crippen molar-refractivity contribution in [1.82, 2.24) is 15.0 Å². The molecule has 0 atom stereocenters. The molecule has 2 aliphatic rings. The highest BCUT2D eigenvalue weighted by atomic mass is 16.3. The Morgan fingerprint density at radius 2 is 1.47 bits per heavy atom. The first-order valence-electron chi connectivity index (χ1n) is 14.8. The predicted octanol–water partition coefficient (Wildman–Crippen LogP) is 9.11. The van der Waals surface area contributed by atoms with E-state index in [-0.39, 0.29) is 5.41 Å².